The number of hydrogen-bond donors (Lipinski definition) is 1. The van der Waals surface area contributed by atoms with Gasteiger partial charge in [-0.1, -0.05) is 77.2 Å². The van der Waals surface area contributed by atoms with Gasteiger partial charge in [0.1, 0.15) is 6.10 Å². The summed E-state index contributed by atoms with van der Waals surface area (Å²) in [5, 5.41) is 10.0. The lowest BCUT2D eigenvalue weighted by Crippen LogP contribution is -2.38. The van der Waals surface area contributed by atoms with Crippen LogP contribution in [-0.2, 0) is 6.54 Å². The number of aliphatic hydroxyl groups is 1. The molecule has 1 heterocycles. The predicted octanol–water partition coefficient (Wildman–Crippen LogP) is 4.65. The smallest absolute Gasteiger partial charge is 0.174 e. The molecule has 1 unspecified atom stereocenters. The number of nitrogens with zero attached hydrogens (tertiary/aromatic N) is 1. The minimum atomic E-state index is -0.202. The van der Waals surface area contributed by atoms with Crippen LogP contribution in [0.25, 0.3) is 0 Å². The average Bonchev–Trinajstić information content (AvgIpc) is 2.50. The molecule has 0 aliphatic rings. The van der Waals surface area contributed by atoms with Crippen molar-refractivity contribution in [3.8, 4) is 0 Å². The molecule has 1 N–H and O–H groups in total. The van der Waals surface area contributed by atoms with Gasteiger partial charge in [0.15, 0.2) is 18.9 Å². The first kappa shape index (κ1) is 18.2. The van der Waals surface area contributed by atoms with Crippen LogP contribution >= 0.6 is 0 Å². The van der Waals surface area contributed by atoms with E-state index in [1.165, 1.54) is 57.8 Å². The molecule has 0 aromatic carbocycles. The molecule has 0 radical (unpaired) electrons. The Bertz CT molecular complexity index is 326. The van der Waals surface area contributed by atoms with E-state index in [0.29, 0.717) is 0 Å². The van der Waals surface area contributed by atoms with Crippen molar-refractivity contribution in [1.29, 1.82) is 0 Å². The van der Waals surface area contributed by atoms with Gasteiger partial charge in [-0.2, -0.15) is 0 Å². The highest BCUT2D eigenvalue weighted by atomic mass is 16.3. The fraction of sp³-hybridized carbons (Fsp3) is 0.737. The number of aliphatic hydroxyl groups excluding tert-OH is 1. The topological polar surface area (TPSA) is 24.1 Å². The molecule has 0 aliphatic carbocycles. The van der Waals surface area contributed by atoms with Gasteiger partial charge >= 0.3 is 0 Å². The van der Waals surface area contributed by atoms with Gasteiger partial charge in [0.05, 0.1) is 0 Å². The SMILES string of the molecule is CCCCCCCCCCCCC(O)C[n+]1ccccc1. The fourth-order valence-corrected chi connectivity index (χ4v) is 2.76. The van der Waals surface area contributed by atoms with Crippen LogP contribution in [0.4, 0.5) is 0 Å². The molecular formula is C19H34NO+. The Morgan fingerprint density at radius 1 is 0.762 bits per heavy atom. The zero-order valence-corrected chi connectivity index (χ0v) is 13.8. The summed E-state index contributed by atoms with van der Waals surface area (Å²) in [6.45, 7) is 2.99. The summed E-state index contributed by atoms with van der Waals surface area (Å²) in [7, 11) is 0. The second kappa shape index (κ2) is 12.8. The molecule has 1 aromatic heterocycles. The molecule has 120 valence electrons. The number of hydrogen-bond acceptors (Lipinski definition) is 1. The first-order chi connectivity index (χ1) is 10.3. The van der Waals surface area contributed by atoms with Gasteiger partial charge < -0.3 is 5.11 Å². The molecule has 2 heteroatoms. The molecule has 1 rings (SSSR count). The monoisotopic (exact) mass is 292 g/mol. The standard InChI is InChI=1S/C19H34NO/c1-2-3-4-5-6-7-8-9-10-12-15-19(21)18-20-16-13-11-14-17-20/h11,13-14,16-17,19,21H,2-10,12,15,18H2,1H3/q+1. The molecular weight excluding hydrogens is 258 g/mol. The zero-order valence-electron chi connectivity index (χ0n) is 13.8. The van der Waals surface area contributed by atoms with Crippen LogP contribution in [0.1, 0.15) is 77.6 Å². The van der Waals surface area contributed by atoms with Gasteiger partial charge in [0, 0.05) is 12.1 Å². The highest BCUT2D eigenvalue weighted by molar-refractivity contribution is 4.83. The maximum Gasteiger partial charge on any atom is 0.174 e. The molecule has 0 spiro atoms. The third-order valence-electron chi connectivity index (χ3n) is 4.09. The zero-order chi connectivity index (χ0) is 15.2. The summed E-state index contributed by atoms with van der Waals surface area (Å²) in [5.74, 6) is 0. The van der Waals surface area contributed by atoms with E-state index < -0.39 is 0 Å². The summed E-state index contributed by atoms with van der Waals surface area (Å²) in [4.78, 5) is 0. The Morgan fingerprint density at radius 2 is 1.29 bits per heavy atom. The molecule has 21 heavy (non-hydrogen) atoms. The third kappa shape index (κ3) is 10.5. The number of unbranched alkanes of at least 4 members (excludes halogenated alkanes) is 9. The van der Waals surface area contributed by atoms with Crippen molar-refractivity contribution in [2.24, 2.45) is 0 Å². The molecule has 0 aliphatic heterocycles. The summed E-state index contributed by atoms with van der Waals surface area (Å²) >= 11 is 0. The van der Waals surface area contributed by atoms with E-state index in [0.717, 1.165) is 19.4 Å². The van der Waals surface area contributed by atoms with E-state index >= 15 is 0 Å². The Kier molecular flexibility index (Phi) is 11.1. The summed E-state index contributed by atoms with van der Waals surface area (Å²) in [6, 6.07) is 6.02. The highest BCUT2D eigenvalue weighted by Crippen LogP contribution is 2.12. The molecule has 0 saturated heterocycles. The van der Waals surface area contributed by atoms with Gasteiger partial charge in [0.2, 0.25) is 0 Å². The third-order valence-corrected chi connectivity index (χ3v) is 4.09. The Labute approximate surface area is 131 Å². The quantitative estimate of drug-likeness (QED) is 0.415. The first-order valence-corrected chi connectivity index (χ1v) is 8.95. The van der Waals surface area contributed by atoms with Crippen LogP contribution in [-0.4, -0.2) is 11.2 Å². The van der Waals surface area contributed by atoms with Gasteiger partial charge in [-0.25, -0.2) is 4.57 Å². The Hall–Kier alpha value is -0.890. The molecule has 1 aromatic rings. The summed E-state index contributed by atoms with van der Waals surface area (Å²) in [5.41, 5.74) is 0. The maximum atomic E-state index is 10.0. The first-order valence-electron chi connectivity index (χ1n) is 8.95. The van der Waals surface area contributed by atoms with Crippen molar-refractivity contribution in [2.45, 2.75) is 90.2 Å². The highest BCUT2D eigenvalue weighted by Gasteiger charge is 2.09. The van der Waals surface area contributed by atoms with Crippen LogP contribution in [0.2, 0.25) is 0 Å². The van der Waals surface area contributed by atoms with Crippen molar-refractivity contribution in [2.75, 3.05) is 0 Å². The van der Waals surface area contributed by atoms with Crippen LogP contribution in [0, 0.1) is 0 Å². The lowest BCUT2D eigenvalue weighted by Gasteiger charge is -2.07. The minimum Gasteiger partial charge on any atom is -0.387 e. The second-order valence-electron chi connectivity index (χ2n) is 6.20. The molecule has 0 amide bonds. The van der Waals surface area contributed by atoms with Crippen molar-refractivity contribution in [3.05, 3.63) is 30.6 Å². The fourth-order valence-electron chi connectivity index (χ4n) is 2.76. The van der Waals surface area contributed by atoms with Crippen molar-refractivity contribution >= 4 is 0 Å². The van der Waals surface area contributed by atoms with E-state index in [2.05, 4.69) is 11.5 Å². The molecule has 2 nitrogen and oxygen atoms in total. The van der Waals surface area contributed by atoms with E-state index in [1.54, 1.807) is 0 Å². The number of pyridine rings is 1. The molecule has 0 fully saturated rings. The Balaban J connectivity index is 1.87. The van der Waals surface area contributed by atoms with Crippen LogP contribution in [0.3, 0.4) is 0 Å². The van der Waals surface area contributed by atoms with E-state index in [9.17, 15) is 5.11 Å². The Morgan fingerprint density at radius 3 is 1.86 bits per heavy atom. The lowest BCUT2D eigenvalue weighted by atomic mass is 10.0. The lowest BCUT2D eigenvalue weighted by molar-refractivity contribution is -0.703. The van der Waals surface area contributed by atoms with E-state index in [4.69, 9.17) is 0 Å². The minimum absolute atomic E-state index is 0.202. The van der Waals surface area contributed by atoms with E-state index in [-0.39, 0.29) is 6.10 Å². The molecule has 1 atom stereocenters. The summed E-state index contributed by atoms with van der Waals surface area (Å²) in [6.07, 6.45) is 18.3. The molecule has 0 bridgehead atoms. The van der Waals surface area contributed by atoms with Gasteiger partial charge in [-0.05, 0) is 6.42 Å². The maximum absolute atomic E-state index is 10.0. The van der Waals surface area contributed by atoms with Gasteiger partial charge in [0.25, 0.3) is 0 Å². The van der Waals surface area contributed by atoms with Crippen molar-refractivity contribution < 1.29 is 9.67 Å². The largest absolute Gasteiger partial charge is 0.387 e. The van der Waals surface area contributed by atoms with Crippen LogP contribution in [0.5, 0.6) is 0 Å². The van der Waals surface area contributed by atoms with Gasteiger partial charge in [-0.15, -0.1) is 0 Å². The van der Waals surface area contributed by atoms with Crippen LogP contribution in [0.15, 0.2) is 30.6 Å². The second-order valence-corrected chi connectivity index (χ2v) is 6.20. The normalized spacial score (nSPS) is 12.5. The predicted molar refractivity (Wildman–Crippen MR) is 89.1 cm³/mol. The van der Waals surface area contributed by atoms with E-state index in [1.807, 2.05) is 30.6 Å². The van der Waals surface area contributed by atoms with Gasteiger partial charge in [-0.3, -0.25) is 0 Å². The average molecular weight is 292 g/mol. The van der Waals surface area contributed by atoms with Crippen molar-refractivity contribution in [3.63, 3.8) is 0 Å². The molecule has 0 saturated carbocycles. The van der Waals surface area contributed by atoms with Crippen LogP contribution < -0.4 is 4.57 Å². The number of aromatic nitrogens is 1. The number of rotatable bonds is 13. The van der Waals surface area contributed by atoms with Crippen molar-refractivity contribution in [1.82, 2.24) is 0 Å². The summed E-state index contributed by atoms with van der Waals surface area (Å²) < 4.78 is 2.06.